The van der Waals surface area contributed by atoms with E-state index in [0.29, 0.717) is 13.2 Å². The van der Waals surface area contributed by atoms with E-state index in [1.807, 2.05) is 24.3 Å². The van der Waals surface area contributed by atoms with Crippen molar-refractivity contribution in [2.24, 2.45) is 0 Å². The summed E-state index contributed by atoms with van der Waals surface area (Å²) in [7, 11) is 0. The Kier molecular flexibility index (Phi) is 6.18. The van der Waals surface area contributed by atoms with Crippen molar-refractivity contribution in [3.8, 4) is 0 Å². The molecule has 1 saturated heterocycles. The van der Waals surface area contributed by atoms with Crippen LogP contribution in [0.1, 0.15) is 64.6 Å². The van der Waals surface area contributed by atoms with Crippen molar-refractivity contribution in [2.45, 2.75) is 45.3 Å². The monoisotopic (exact) mass is 344 g/mol. The minimum atomic E-state index is -0.304. The largest absolute Gasteiger partial charge is 0.345 e. The van der Waals surface area contributed by atoms with Crippen LogP contribution in [0, 0.1) is 0 Å². The van der Waals surface area contributed by atoms with Gasteiger partial charge in [-0.25, -0.2) is 0 Å². The Labute approximate surface area is 147 Å². The van der Waals surface area contributed by atoms with Crippen molar-refractivity contribution < 1.29 is 14.3 Å². The molecule has 0 atom stereocenters. The van der Waals surface area contributed by atoms with Crippen LogP contribution in [-0.4, -0.2) is 19.0 Å². The highest BCUT2D eigenvalue weighted by atomic mass is 32.1. The molecule has 0 N–H and O–H groups in total. The fraction of sp³-hybridized carbons (Fsp3) is 0.450. The molecule has 0 radical (unpaired) electrons. The van der Waals surface area contributed by atoms with E-state index in [1.54, 1.807) is 0 Å². The molecule has 1 aromatic carbocycles. The van der Waals surface area contributed by atoms with Gasteiger partial charge in [0.15, 0.2) is 6.29 Å². The Morgan fingerprint density at radius 2 is 1.79 bits per heavy atom. The zero-order chi connectivity index (χ0) is 16.8. The normalized spacial score (nSPS) is 15.0. The minimum absolute atomic E-state index is 0.0711. The van der Waals surface area contributed by atoms with E-state index in [-0.39, 0.29) is 12.1 Å². The number of carbonyl (C=O) groups is 1. The second-order valence-corrected chi connectivity index (χ2v) is 7.23. The quantitative estimate of drug-likeness (QED) is 0.491. The molecule has 4 heteroatoms. The van der Waals surface area contributed by atoms with Gasteiger partial charge in [0.25, 0.3) is 0 Å². The molecule has 1 aromatic heterocycles. The first-order chi connectivity index (χ1) is 11.8. The number of ketones is 1. The van der Waals surface area contributed by atoms with E-state index in [0.717, 1.165) is 21.7 Å². The minimum Gasteiger partial charge on any atom is -0.345 e. The summed E-state index contributed by atoms with van der Waals surface area (Å²) in [5.74, 6) is 0.0711. The maximum Gasteiger partial charge on any atom is 0.202 e. The SMILES string of the molecule is CCCCCCc1ccc(C(=O)c2ccc(C3OCCO3)s2)cc1. The second-order valence-electron chi connectivity index (χ2n) is 6.11. The number of benzene rings is 1. The van der Waals surface area contributed by atoms with E-state index < -0.39 is 0 Å². The molecule has 1 fully saturated rings. The molecule has 3 rings (SSSR count). The first-order valence-corrected chi connectivity index (χ1v) is 9.56. The van der Waals surface area contributed by atoms with Gasteiger partial charge < -0.3 is 9.47 Å². The molecular formula is C20H24O3S. The molecule has 0 saturated carbocycles. The molecule has 24 heavy (non-hydrogen) atoms. The standard InChI is InChI=1S/C20H24O3S/c1-2-3-4-5-6-15-7-9-16(10-8-15)19(21)17-11-12-18(24-17)20-22-13-14-23-20/h7-12,20H,2-6,13-14H2,1H3. The third-order valence-electron chi connectivity index (χ3n) is 4.24. The molecular weight excluding hydrogens is 320 g/mol. The molecule has 128 valence electrons. The highest BCUT2D eigenvalue weighted by molar-refractivity contribution is 7.14. The van der Waals surface area contributed by atoms with Gasteiger partial charge in [-0.2, -0.15) is 0 Å². The lowest BCUT2D eigenvalue weighted by Crippen LogP contribution is -1.99. The molecule has 0 unspecified atom stereocenters. The van der Waals surface area contributed by atoms with E-state index in [1.165, 1.54) is 42.6 Å². The molecule has 1 aliphatic heterocycles. The van der Waals surface area contributed by atoms with Gasteiger partial charge in [0.05, 0.1) is 23.0 Å². The number of carbonyl (C=O) groups excluding carboxylic acids is 1. The van der Waals surface area contributed by atoms with Crippen molar-refractivity contribution in [3.05, 3.63) is 57.3 Å². The summed E-state index contributed by atoms with van der Waals surface area (Å²) in [4.78, 5) is 14.3. The Hall–Kier alpha value is -1.49. The molecule has 2 heterocycles. The van der Waals surface area contributed by atoms with Gasteiger partial charge in [-0.1, -0.05) is 50.5 Å². The Bertz CT molecular complexity index is 654. The highest BCUT2D eigenvalue weighted by Gasteiger charge is 2.21. The van der Waals surface area contributed by atoms with Crippen molar-refractivity contribution >= 4 is 17.1 Å². The predicted octanol–water partition coefficient (Wildman–Crippen LogP) is 5.15. The lowest BCUT2D eigenvalue weighted by atomic mass is 10.0. The van der Waals surface area contributed by atoms with E-state index in [9.17, 15) is 4.79 Å². The van der Waals surface area contributed by atoms with Gasteiger partial charge in [-0.15, -0.1) is 11.3 Å². The van der Waals surface area contributed by atoms with Crippen molar-refractivity contribution in [1.82, 2.24) is 0 Å². The molecule has 0 aliphatic carbocycles. The van der Waals surface area contributed by atoms with Crippen LogP contribution in [0.4, 0.5) is 0 Å². The number of unbranched alkanes of at least 4 members (excludes halogenated alkanes) is 3. The van der Waals surface area contributed by atoms with Crippen LogP contribution in [0.15, 0.2) is 36.4 Å². The summed E-state index contributed by atoms with van der Waals surface area (Å²) in [6.07, 6.45) is 5.84. The zero-order valence-electron chi connectivity index (χ0n) is 14.1. The fourth-order valence-electron chi connectivity index (χ4n) is 2.85. The first-order valence-electron chi connectivity index (χ1n) is 8.74. The Morgan fingerprint density at radius 3 is 2.50 bits per heavy atom. The number of ether oxygens (including phenoxy) is 2. The van der Waals surface area contributed by atoms with Crippen LogP contribution in [0.2, 0.25) is 0 Å². The van der Waals surface area contributed by atoms with E-state index >= 15 is 0 Å². The summed E-state index contributed by atoms with van der Waals surface area (Å²) in [5.41, 5.74) is 2.05. The van der Waals surface area contributed by atoms with Crippen LogP contribution in [-0.2, 0) is 15.9 Å². The second kappa shape index (κ2) is 8.56. The van der Waals surface area contributed by atoms with Gasteiger partial charge in [-0.05, 0) is 30.5 Å². The van der Waals surface area contributed by atoms with E-state index in [4.69, 9.17) is 9.47 Å². The molecule has 0 bridgehead atoms. The van der Waals surface area contributed by atoms with Crippen LogP contribution in [0.25, 0.3) is 0 Å². The first kappa shape index (κ1) is 17.3. The summed E-state index contributed by atoms with van der Waals surface area (Å²) < 4.78 is 11.0. The van der Waals surface area contributed by atoms with Gasteiger partial charge in [-0.3, -0.25) is 4.79 Å². The van der Waals surface area contributed by atoms with E-state index in [2.05, 4.69) is 19.1 Å². The van der Waals surface area contributed by atoms with Gasteiger partial charge >= 0.3 is 0 Å². The third-order valence-corrected chi connectivity index (χ3v) is 5.35. The van der Waals surface area contributed by atoms with Crippen LogP contribution < -0.4 is 0 Å². The lowest BCUT2D eigenvalue weighted by Gasteiger charge is -2.05. The summed E-state index contributed by atoms with van der Waals surface area (Å²) in [5, 5.41) is 0. The van der Waals surface area contributed by atoms with Crippen LogP contribution in [0.3, 0.4) is 0 Å². The lowest BCUT2D eigenvalue weighted by molar-refractivity contribution is -0.0413. The average Bonchev–Trinajstić information content (AvgIpc) is 3.29. The predicted molar refractivity (Wildman–Crippen MR) is 96.7 cm³/mol. The Balaban J connectivity index is 1.60. The van der Waals surface area contributed by atoms with Gasteiger partial charge in [0.2, 0.25) is 5.78 Å². The summed E-state index contributed by atoms with van der Waals surface area (Å²) in [6.45, 7) is 3.46. The zero-order valence-corrected chi connectivity index (χ0v) is 14.9. The Morgan fingerprint density at radius 1 is 1.04 bits per heavy atom. The number of thiophene rings is 1. The molecule has 0 amide bonds. The number of rotatable bonds is 8. The number of aryl methyl sites for hydroxylation is 1. The van der Waals surface area contributed by atoms with Gasteiger partial charge in [0.1, 0.15) is 0 Å². The maximum absolute atomic E-state index is 12.6. The van der Waals surface area contributed by atoms with Crippen LogP contribution in [0.5, 0.6) is 0 Å². The smallest absolute Gasteiger partial charge is 0.202 e. The molecule has 3 nitrogen and oxygen atoms in total. The molecule has 0 spiro atoms. The number of hydrogen-bond donors (Lipinski definition) is 0. The topological polar surface area (TPSA) is 35.5 Å². The molecule has 2 aromatic rings. The highest BCUT2D eigenvalue weighted by Crippen LogP contribution is 2.30. The average molecular weight is 344 g/mol. The third kappa shape index (κ3) is 4.32. The number of hydrogen-bond acceptors (Lipinski definition) is 4. The van der Waals surface area contributed by atoms with Crippen molar-refractivity contribution in [2.75, 3.05) is 13.2 Å². The van der Waals surface area contributed by atoms with Crippen LogP contribution >= 0.6 is 11.3 Å². The van der Waals surface area contributed by atoms with Gasteiger partial charge in [0, 0.05) is 5.56 Å². The molecule has 1 aliphatic rings. The summed E-state index contributed by atoms with van der Waals surface area (Å²) in [6, 6.07) is 11.8. The fourth-order valence-corrected chi connectivity index (χ4v) is 3.81. The van der Waals surface area contributed by atoms with Crippen molar-refractivity contribution in [1.29, 1.82) is 0 Å². The van der Waals surface area contributed by atoms with Crippen molar-refractivity contribution in [3.63, 3.8) is 0 Å². The summed E-state index contributed by atoms with van der Waals surface area (Å²) >= 11 is 1.46. The maximum atomic E-state index is 12.6.